The van der Waals surface area contributed by atoms with E-state index in [1.807, 2.05) is 0 Å². The van der Waals surface area contributed by atoms with E-state index < -0.39 is 0 Å². The second kappa shape index (κ2) is 3.37. The summed E-state index contributed by atoms with van der Waals surface area (Å²) in [5, 5.41) is 0. The maximum absolute atomic E-state index is 5.86. The number of nitrogens with two attached hydrogens (primary N) is 1. The van der Waals surface area contributed by atoms with Crippen LogP contribution in [-0.2, 0) is 0 Å². The van der Waals surface area contributed by atoms with Crippen molar-refractivity contribution >= 4 is 0 Å². The summed E-state index contributed by atoms with van der Waals surface area (Å²) in [6, 6.07) is 0.447. The molecule has 2 saturated carbocycles. The molecule has 0 aromatic heterocycles. The molecule has 1 nitrogen and oxygen atoms in total. The van der Waals surface area contributed by atoms with Gasteiger partial charge in [0.1, 0.15) is 0 Å². The Labute approximate surface area is 75.7 Å². The number of hydrogen-bond acceptors (Lipinski definition) is 1. The van der Waals surface area contributed by atoms with Gasteiger partial charge in [0.25, 0.3) is 0 Å². The molecule has 0 radical (unpaired) electrons. The molecule has 0 aromatic carbocycles. The third-order valence-corrected chi connectivity index (χ3v) is 4.02. The average Bonchev–Trinajstić information content (AvgIpc) is 2.34. The third-order valence-electron chi connectivity index (χ3n) is 4.02. The van der Waals surface area contributed by atoms with Gasteiger partial charge in [0.05, 0.1) is 0 Å². The lowest BCUT2D eigenvalue weighted by Gasteiger charge is -2.41. The van der Waals surface area contributed by atoms with Gasteiger partial charge in [-0.2, -0.15) is 0 Å². The highest BCUT2D eigenvalue weighted by Crippen LogP contribution is 2.45. The highest BCUT2D eigenvalue weighted by molar-refractivity contribution is 4.89. The highest BCUT2D eigenvalue weighted by Gasteiger charge is 2.37. The van der Waals surface area contributed by atoms with Crippen molar-refractivity contribution in [1.82, 2.24) is 0 Å². The summed E-state index contributed by atoms with van der Waals surface area (Å²) in [5.41, 5.74) is 5.86. The molecule has 12 heavy (non-hydrogen) atoms. The zero-order chi connectivity index (χ0) is 8.55. The first kappa shape index (κ1) is 8.55. The maximum atomic E-state index is 5.86. The molecular weight excluding hydrogens is 146 g/mol. The first-order chi connectivity index (χ1) is 5.77. The Morgan fingerprint density at radius 1 is 1.08 bits per heavy atom. The molecular formula is C11H21N. The van der Waals surface area contributed by atoms with E-state index in [1.54, 1.807) is 0 Å². The van der Waals surface area contributed by atoms with Crippen molar-refractivity contribution in [1.29, 1.82) is 0 Å². The zero-order valence-corrected chi connectivity index (χ0v) is 8.13. The van der Waals surface area contributed by atoms with E-state index in [2.05, 4.69) is 6.92 Å². The molecule has 2 N–H and O–H groups in total. The van der Waals surface area contributed by atoms with Gasteiger partial charge in [0, 0.05) is 6.04 Å². The van der Waals surface area contributed by atoms with Crippen LogP contribution in [0.25, 0.3) is 0 Å². The van der Waals surface area contributed by atoms with Crippen molar-refractivity contribution in [3.05, 3.63) is 0 Å². The van der Waals surface area contributed by atoms with Gasteiger partial charge in [-0.3, -0.25) is 0 Å². The molecule has 1 heteroatoms. The van der Waals surface area contributed by atoms with Crippen LogP contribution in [0.5, 0.6) is 0 Å². The van der Waals surface area contributed by atoms with Crippen LogP contribution in [-0.4, -0.2) is 6.04 Å². The largest absolute Gasteiger partial charge is 0.328 e. The predicted octanol–water partition coefficient (Wildman–Crippen LogP) is 2.55. The molecule has 0 spiro atoms. The minimum atomic E-state index is 0.447. The Kier molecular flexibility index (Phi) is 2.40. The topological polar surface area (TPSA) is 26.0 Å². The summed E-state index contributed by atoms with van der Waals surface area (Å²) in [7, 11) is 0. The second-order valence-corrected chi connectivity index (χ2v) is 4.90. The van der Waals surface area contributed by atoms with Crippen LogP contribution in [0.3, 0.4) is 0 Å². The van der Waals surface area contributed by atoms with Gasteiger partial charge >= 0.3 is 0 Å². The molecule has 2 aliphatic carbocycles. The predicted molar refractivity (Wildman–Crippen MR) is 51.8 cm³/mol. The normalized spacial score (nSPS) is 39.5. The highest BCUT2D eigenvalue weighted by atomic mass is 14.7. The summed E-state index contributed by atoms with van der Waals surface area (Å²) >= 11 is 0. The van der Waals surface area contributed by atoms with Gasteiger partial charge in [-0.1, -0.05) is 25.7 Å². The molecule has 0 amide bonds. The quantitative estimate of drug-likeness (QED) is 0.672. The summed E-state index contributed by atoms with van der Waals surface area (Å²) in [6.07, 6.45) is 8.87. The summed E-state index contributed by atoms with van der Waals surface area (Å²) < 4.78 is 0. The molecule has 0 saturated heterocycles. The molecule has 2 fully saturated rings. The van der Waals surface area contributed by atoms with E-state index in [4.69, 9.17) is 5.73 Å². The molecule has 0 bridgehead atoms. The average molecular weight is 167 g/mol. The van der Waals surface area contributed by atoms with Crippen molar-refractivity contribution in [2.24, 2.45) is 23.5 Å². The van der Waals surface area contributed by atoms with Crippen molar-refractivity contribution in [2.45, 2.75) is 51.5 Å². The third kappa shape index (κ3) is 1.52. The molecule has 2 aliphatic rings. The minimum Gasteiger partial charge on any atom is -0.328 e. The molecule has 0 aliphatic heterocycles. The van der Waals surface area contributed by atoms with Crippen molar-refractivity contribution in [3.8, 4) is 0 Å². The lowest BCUT2D eigenvalue weighted by atomic mass is 9.66. The zero-order valence-electron chi connectivity index (χ0n) is 8.13. The van der Waals surface area contributed by atoms with Crippen molar-refractivity contribution in [3.63, 3.8) is 0 Å². The van der Waals surface area contributed by atoms with E-state index in [0.717, 1.165) is 17.8 Å². The van der Waals surface area contributed by atoms with Crippen LogP contribution >= 0.6 is 0 Å². The molecule has 70 valence electrons. The van der Waals surface area contributed by atoms with Gasteiger partial charge in [0.15, 0.2) is 0 Å². The van der Waals surface area contributed by atoms with Crippen LogP contribution in [0.4, 0.5) is 0 Å². The van der Waals surface area contributed by atoms with Gasteiger partial charge in [0.2, 0.25) is 0 Å². The van der Waals surface area contributed by atoms with E-state index in [9.17, 15) is 0 Å². The fourth-order valence-corrected chi connectivity index (χ4v) is 2.95. The number of rotatable bonds is 2. The molecule has 2 rings (SSSR count). The van der Waals surface area contributed by atoms with Gasteiger partial charge in [-0.15, -0.1) is 0 Å². The fraction of sp³-hybridized carbons (Fsp3) is 1.00. The monoisotopic (exact) mass is 167 g/mol. The smallest absolute Gasteiger partial charge is 0.00389 e. The van der Waals surface area contributed by atoms with E-state index in [-0.39, 0.29) is 0 Å². The lowest BCUT2D eigenvalue weighted by molar-refractivity contribution is 0.109. The Bertz CT molecular complexity index is 141. The van der Waals surface area contributed by atoms with Crippen LogP contribution in [0.15, 0.2) is 0 Å². The van der Waals surface area contributed by atoms with Gasteiger partial charge in [-0.25, -0.2) is 0 Å². The van der Waals surface area contributed by atoms with E-state index >= 15 is 0 Å². The minimum absolute atomic E-state index is 0.447. The van der Waals surface area contributed by atoms with Crippen molar-refractivity contribution < 1.29 is 0 Å². The number of hydrogen-bond donors (Lipinski definition) is 1. The molecule has 0 heterocycles. The molecule has 0 aromatic rings. The Hall–Kier alpha value is -0.0400. The SMILES string of the molecule is CC(N)C1CC(C2CCCC2)C1. The fourth-order valence-electron chi connectivity index (χ4n) is 2.95. The Morgan fingerprint density at radius 3 is 2.17 bits per heavy atom. The summed E-state index contributed by atoms with van der Waals surface area (Å²) in [5.74, 6) is 3.00. The second-order valence-electron chi connectivity index (χ2n) is 4.90. The molecule has 1 unspecified atom stereocenters. The molecule has 1 atom stereocenters. The van der Waals surface area contributed by atoms with Gasteiger partial charge in [-0.05, 0) is 37.5 Å². The maximum Gasteiger partial charge on any atom is 0.00389 e. The van der Waals surface area contributed by atoms with E-state index in [1.165, 1.54) is 38.5 Å². The van der Waals surface area contributed by atoms with E-state index in [0.29, 0.717) is 6.04 Å². The van der Waals surface area contributed by atoms with Crippen molar-refractivity contribution in [2.75, 3.05) is 0 Å². The van der Waals surface area contributed by atoms with Crippen LogP contribution in [0, 0.1) is 17.8 Å². The Morgan fingerprint density at radius 2 is 1.67 bits per heavy atom. The lowest BCUT2D eigenvalue weighted by Crippen LogP contribution is -2.39. The summed E-state index contributed by atoms with van der Waals surface area (Å²) in [6.45, 7) is 2.16. The standard InChI is InChI=1S/C11H21N/c1-8(12)10-6-11(7-10)9-4-2-3-5-9/h8-11H,2-7,12H2,1H3. The first-order valence-electron chi connectivity index (χ1n) is 5.53. The Balaban J connectivity index is 1.73. The first-order valence-corrected chi connectivity index (χ1v) is 5.53. The van der Waals surface area contributed by atoms with Gasteiger partial charge < -0.3 is 5.73 Å². The van der Waals surface area contributed by atoms with Crippen LogP contribution in [0.2, 0.25) is 0 Å². The summed E-state index contributed by atoms with van der Waals surface area (Å²) in [4.78, 5) is 0. The van der Waals surface area contributed by atoms with Crippen LogP contribution in [0.1, 0.15) is 45.4 Å². The van der Waals surface area contributed by atoms with Crippen LogP contribution < -0.4 is 5.73 Å².